The van der Waals surface area contributed by atoms with Gasteiger partial charge in [0.15, 0.2) is 6.10 Å². The fourth-order valence-corrected chi connectivity index (χ4v) is 1.75. The molecule has 0 saturated carbocycles. The van der Waals surface area contributed by atoms with E-state index in [0.29, 0.717) is 18.0 Å². The van der Waals surface area contributed by atoms with Crippen LogP contribution in [0.2, 0.25) is 0 Å². The highest BCUT2D eigenvalue weighted by Gasteiger charge is 2.29. The third kappa shape index (κ3) is 5.43. The number of methoxy groups -OCH3 is 1. The molecule has 2 amide bonds. The summed E-state index contributed by atoms with van der Waals surface area (Å²) in [6.07, 6.45) is -1.47. The van der Waals surface area contributed by atoms with Crippen LogP contribution in [-0.4, -0.2) is 36.9 Å². The minimum atomic E-state index is -1.47. The Morgan fingerprint density at radius 1 is 1.24 bits per heavy atom. The fraction of sp³-hybridized carbons (Fsp3) is 0.467. The molecule has 0 spiro atoms. The van der Waals surface area contributed by atoms with Gasteiger partial charge in [0.1, 0.15) is 0 Å². The molecular formula is C15H22N2O4. The fourth-order valence-electron chi connectivity index (χ4n) is 1.75. The average molecular weight is 294 g/mol. The summed E-state index contributed by atoms with van der Waals surface area (Å²) in [5.41, 5.74) is 0.620. The first-order valence-electron chi connectivity index (χ1n) is 6.81. The van der Waals surface area contributed by atoms with Crippen molar-refractivity contribution in [3.63, 3.8) is 0 Å². The lowest BCUT2D eigenvalue weighted by Gasteiger charge is -2.23. The van der Waals surface area contributed by atoms with E-state index in [4.69, 9.17) is 0 Å². The molecule has 0 saturated heterocycles. The maximum absolute atomic E-state index is 11.9. The SMILES string of the molecule is COC(=O)C(O)[C@H](NC(=O)NCC(C)C)c1ccccc1. The van der Waals surface area contributed by atoms with E-state index in [1.165, 1.54) is 7.11 Å². The lowest BCUT2D eigenvalue weighted by Crippen LogP contribution is -2.45. The van der Waals surface area contributed by atoms with Crippen molar-refractivity contribution < 1.29 is 19.4 Å². The van der Waals surface area contributed by atoms with Gasteiger partial charge < -0.3 is 20.5 Å². The van der Waals surface area contributed by atoms with Crippen LogP contribution < -0.4 is 10.6 Å². The second kappa shape index (κ2) is 8.26. The molecule has 21 heavy (non-hydrogen) atoms. The van der Waals surface area contributed by atoms with Gasteiger partial charge in [-0.1, -0.05) is 44.2 Å². The molecule has 1 unspecified atom stereocenters. The van der Waals surface area contributed by atoms with Gasteiger partial charge in [0.05, 0.1) is 13.2 Å². The molecule has 1 aromatic rings. The van der Waals surface area contributed by atoms with Gasteiger partial charge in [0.2, 0.25) is 0 Å². The van der Waals surface area contributed by atoms with Gasteiger partial charge in [-0.25, -0.2) is 9.59 Å². The summed E-state index contributed by atoms with van der Waals surface area (Å²) in [6.45, 7) is 4.44. The van der Waals surface area contributed by atoms with Crippen molar-refractivity contribution in [3.05, 3.63) is 35.9 Å². The maximum Gasteiger partial charge on any atom is 0.337 e. The zero-order valence-corrected chi connectivity index (χ0v) is 12.5. The van der Waals surface area contributed by atoms with Crippen LogP contribution in [0.3, 0.4) is 0 Å². The van der Waals surface area contributed by atoms with E-state index in [0.717, 1.165) is 0 Å². The first-order chi connectivity index (χ1) is 9.95. The van der Waals surface area contributed by atoms with Crippen molar-refractivity contribution in [1.29, 1.82) is 0 Å². The standard InChI is InChI=1S/C15H22N2O4/c1-10(2)9-16-15(20)17-12(13(18)14(19)21-3)11-7-5-4-6-8-11/h4-8,10,12-13,18H,9H2,1-3H3,(H2,16,17,20)/t12-,13?/m1/s1. The van der Waals surface area contributed by atoms with Crippen molar-refractivity contribution in [2.24, 2.45) is 5.92 Å². The third-order valence-electron chi connectivity index (χ3n) is 2.87. The number of urea groups is 1. The topological polar surface area (TPSA) is 87.7 Å². The highest BCUT2D eigenvalue weighted by Crippen LogP contribution is 2.17. The van der Waals surface area contributed by atoms with Crippen LogP contribution in [0.1, 0.15) is 25.5 Å². The van der Waals surface area contributed by atoms with Crippen LogP contribution in [-0.2, 0) is 9.53 Å². The molecule has 116 valence electrons. The second-order valence-electron chi connectivity index (χ2n) is 5.10. The van der Waals surface area contributed by atoms with Gasteiger partial charge in [0.25, 0.3) is 0 Å². The lowest BCUT2D eigenvalue weighted by molar-refractivity contribution is -0.151. The van der Waals surface area contributed by atoms with Gasteiger partial charge in [-0.05, 0) is 11.5 Å². The summed E-state index contributed by atoms with van der Waals surface area (Å²) >= 11 is 0. The minimum absolute atomic E-state index is 0.302. The normalized spacial score (nSPS) is 13.4. The van der Waals surface area contributed by atoms with Gasteiger partial charge in [-0.15, -0.1) is 0 Å². The van der Waals surface area contributed by atoms with Gasteiger partial charge in [-0.3, -0.25) is 0 Å². The average Bonchev–Trinajstić information content (AvgIpc) is 2.49. The Labute approximate surface area is 124 Å². The molecule has 0 aliphatic carbocycles. The van der Waals surface area contributed by atoms with Crippen LogP contribution in [0, 0.1) is 5.92 Å². The number of esters is 1. The number of amides is 2. The van der Waals surface area contributed by atoms with Crippen molar-refractivity contribution in [3.8, 4) is 0 Å². The summed E-state index contributed by atoms with van der Waals surface area (Å²) in [4.78, 5) is 23.4. The number of carbonyl (C=O) groups is 2. The molecule has 1 aromatic carbocycles. The Bertz CT molecular complexity index is 462. The van der Waals surface area contributed by atoms with Crippen LogP contribution in [0.4, 0.5) is 4.79 Å². The second-order valence-corrected chi connectivity index (χ2v) is 5.10. The zero-order valence-electron chi connectivity index (χ0n) is 12.5. The predicted octanol–water partition coefficient (Wildman–Crippen LogP) is 1.22. The Morgan fingerprint density at radius 2 is 1.86 bits per heavy atom. The number of carbonyl (C=O) groups excluding carboxylic acids is 2. The quantitative estimate of drug-likeness (QED) is 0.688. The van der Waals surface area contributed by atoms with Gasteiger partial charge in [-0.2, -0.15) is 0 Å². The number of aliphatic hydroxyl groups excluding tert-OH is 1. The molecule has 0 aliphatic heterocycles. The predicted molar refractivity (Wildman–Crippen MR) is 78.6 cm³/mol. The highest BCUT2D eigenvalue weighted by molar-refractivity contribution is 5.79. The van der Waals surface area contributed by atoms with E-state index in [9.17, 15) is 14.7 Å². The summed E-state index contributed by atoms with van der Waals surface area (Å²) in [6, 6.07) is 7.47. The molecule has 0 bridgehead atoms. The van der Waals surface area contributed by atoms with Crippen molar-refractivity contribution in [1.82, 2.24) is 10.6 Å². The van der Waals surface area contributed by atoms with E-state index in [2.05, 4.69) is 15.4 Å². The van der Waals surface area contributed by atoms with Crippen molar-refractivity contribution in [2.75, 3.05) is 13.7 Å². The first kappa shape index (κ1) is 17.0. The number of hydrogen-bond acceptors (Lipinski definition) is 4. The molecule has 0 aliphatic rings. The molecule has 6 nitrogen and oxygen atoms in total. The van der Waals surface area contributed by atoms with Gasteiger partial charge in [0, 0.05) is 6.54 Å². The van der Waals surface area contributed by atoms with E-state index < -0.39 is 24.1 Å². The van der Waals surface area contributed by atoms with Crippen LogP contribution in [0.5, 0.6) is 0 Å². The van der Waals surface area contributed by atoms with Crippen molar-refractivity contribution in [2.45, 2.75) is 26.0 Å². The molecule has 0 fully saturated rings. The van der Waals surface area contributed by atoms with Crippen molar-refractivity contribution >= 4 is 12.0 Å². The maximum atomic E-state index is 11.9. The molecule has 3 N–H and O–H groups in total. The highest BCUT2D eigenvalue weighted by atomic mass is 16.5. The summed E-state index contributed by atoms with van der Waals surface area (Å²) in [5.74, 6) is -0.496. The van der Waals surface area contributed by atoms with Crippen LogP contribution >= 0.6 is 0 Å². The van der Waals surface area contributed by atoms with E-state index >= 15 is 0 Å². The largest absolute Gasteiger partial charge is 0.467 e. The Morgan fingerprint density at radius 3 is 2.38 bits per heavy atom. The summed E-state index contributed by atoms with van der Waals surface area (Å²) in [7, 11) is 1.19. The molecule has 2 atom stereocenters. The molecule has 0 radical (unpaired) electrons. The third-order valence-corrected chi connectivity index (χ3v) is 2.87. The molecule has 1 rings (SSSR count). The number of hydrogen-bond donors (Lipinski definition) is 3. The first-order valence-corrected chi connectivity index (χ1v) is 6.81. The van der Waals surface area contributed by atoms with E-state index in [-0.39, 0.29) is 0 Å². The summed E-state index contributed by atoms with van der Waals surface area (Å²) < 4.78 is 4.53. The number of ether oxygens (including phenoxy) is 1. The Hall–Kier alpha value is -2.08. The molecule has 0 aromatic heterocycles. The Balaban J connectivity index is 2.83. The number of rotatable bonds is 6. The molecular weight excluding hydrogens is 272 g/mol. The minimum Gasteiger partial charge on any atom is -0.467 e. The van der Waals surface area contributed by atoms with E-state index in [1.54, 1.807) is 24.3 Å². The Kier molecular flexibility index (Phi) is 6.68. The zero-order chi connectivity index (χ0) is 15.8. The number of aliphatic hydroxyl groups is 1. The van der Waals surface area contributed by atoms with Gasteiger partial charge >= 0.3 is 12.0 Å². The van der Waals surface area contributed by atoms with Crippen LogP contribution in [0.25, 0.3) is 0 Å². The smallest absolute Gasteiger partial charge is 0.337 e. The van der Waals surface area contributed by atoms with E-state index in [1.807, 2.05) is 19.9 Å². The monoisotopic (exact) mass is 294 g/mol. The molecule has 0 heterocycles. The number of nitrogens with one attached hydrogen (secondary N) is 2. The lowest BCUT2D eigenvalue weighted by atomic mass is 10.0. The van der Waals surface area contributed by atoms with Crippen LogP contribution in [0.15, 0.2) is 30.3 Å². The molecule has 6 heteroatoms. The summed E-state index contributed by atoms with van der Waals surface area (Å²) in [5, 5.41) is 15.3. The number of benzene rings is 1.